The van der Waals surface area contributed by atoms with Crippen molar-refractivity contribution in [3.63, 3.8) is 0 Å². The Hall–Kier alpha value is -3.71. The summed E-state index contributed by atoms with van der Waals surface area (Å²) in [4.78, 5) is 27.4. The molecule has 7 heteroatoms. The molecule has 162 valence electrons. The number of nitrogens with one attached hydrogen (secondary N) is 2. The SMILES string of the molecule is CN(C)c1ccc(C=C(NC(=O)c2ccccc2)C(=O)NN=Cc2ccc(Br)cc2)cc1. The van der Waals surface area contributed by atoms with E-state index in [4.69, 9.17) is 0 Å². The van der Waals surface area contributed by atoms with Crippen LogP contribution in [-0.2, 0) is 4.79 Å². The number of amides is 2. The number of halogens is 1. The minimum absolute atomic E-state index is 0.0874. The lowest BCUT2D eigenvalue weighted by Gasteiger charge is -2.12. The van der Waals surface area contributed by atoms with Gasteiger partial charge in [0.1, 0.15) is 5.70 Å². The van der Waals surface area contributed by atoms with Crippen LogP contribution in [0.25, 0.3) is 6.08 Å². The van der Waals surface area contributed by atoms with E-state index in [1.54, 1.807) is 30.3 Å². The predicted molar refractivity (Wildman–Crippen MR) is 133 cm³/mol. The van der Waals surface area contributed by atoms with E-state index in [-0.39, 0.29) is 11.6 Å². The quantitative estimate of drug-likeness (QED) is 0.292. The highest BCUT2D eigenvalue weighted by Crippen LogP contribution is 2.15. The number of carbonyl (C=O) groups excluding carboxylic acids is 2. The van der Waals surface area contributed by atoms with Crippen LogP contribution < -0.4 is 15.6 Å². The van der Waals surface area contributed by atoms with Gasteiger partial charge < -0.3 is 10.2 Å². The Morgan fingerprint density at radius 3 is 2.12 bits per heavy atom. The van der Waals surface area contributed by atoms with E-state index in [1.165, 1.54) is 6.21 Å². The molecule has 3 aromatic rings. The van der Waals surface area contributed by atoms with Crippen molar-refractivity contribution in [1.82, 2.24) is 10.7 Å². The first-order valence-corrected chi connectivity index (χ1v) is 10.7. The molecule has 0 radical (unpaired) electrons. The normalized spacial score (nSPS) is 11.3. The number of anilines is 1. The molecular weight excluding hydrogens is 468 g/mol. The van der Waals surface area contributed by atoms with Crippen LogP contribution in [0.1, 0.15) is 21.5 Å². The average molecular weight is 491 g/mol. The van der Waals surface area contributed by atoms with Crippen LogP contribution >= 0.6 is 15.9 Å². The number of hydrogen-bond acceptors (Lipinski definition) is 4. The lowest BCUT2D eigenvalue weighted by Crippen LogP contribution is -2.32. The minimum Gasteiger partial charge on any atom is -0.378 e. The van der Waals surface area contributed by atoms with Crippen molar-refractivity contribution in [1.29, 1.82) is 0 Å². The van der Waals surface area contributed by atoms with Crippen molar-refractivity contribution in [2.45, 2.75) is 0 Å². The second-order valence-electron chi connectivity index (χ2n) is 7.11. The van der Waals surface area contributed by atoms with Gasteiger partial charge in [0, 0.05) is 29.8 Å². The maximum atomic E-state index is 12.8. The van der Waals surface area contributed by atoms with Crippen LogP contribution in [0.3, 0.4) is 0 Å². The number of rotatable bonds is 7. The lowest BCUT2D eigenvalue weighted by molar-refractivity contribution is -0.117. The molecule has 0 fully saturated rings. The number of nitrogens with zero attached hydrogens (tertiary/aromatic N) is 2. The van der Waals surface area contributed by atoms with Gasteiger partial charge in [0.2, 0.25) is 0 Å². The van der Waals surface area contributed by atoms with Gasteiger partial charge in [-0.05, 0) is 53.6 Å². The van der Waals surface area contributed by atoms with E-state index in [2.05, 4.69) is 31.8 Å². The third-order valence-corrected chi connectivity index (χ3v) is 5.03. The molecule has 0 unspecified atom stereocenters. The molecule has 0 aromatic heterocycles. The van der Waals surface area contributed by atoms with Gasteiger partial charge in [-0.3, -0.25) is 9.59 Å². The Morgan fingerprint density at radius 2 is 1.50 bits per heavy atom. The van der Waals surface area contributed by atoms with Crippen molar-refractivity contribution < 1.29 is 9.59 Å². The minimum atomic E-state index is -0.528. The van der Waals surface area contributed by atoms with E-state index >= 15 is 0 Å². The standard InChI is InChI=1S/C25H23BrN4O2/c1-30(2)22-14-10-18(11-15-22)16-23(28-24(31)20-6-4-3-5-7-20)25(32)29-27-17-19-8-12-21(26)13-9-19/h3-17H,1-2H3,(H,28,31)(H,29,32). The summed E-state index contributed by atoms with van der Waals surface area (Å²) in [6.45, 7) is 0. The lowest BCUT2D eigenvalue weighted by atomic mass is 10.1. The van der Waals surface area contributed by atoms with E-state index in [0.717, 1.165) is 21.3 Å². The number of hydrogen-bond donors (Lipinski definition) is 2. The summed E-state index contributed by atoms with van der Waals surface area (Å²) >= 11 is 3.38. The van der Waals surface area contributed by atoms with E-state index in [1.807, 2.05) is 73.6 Å². The van der Waals surface area contributed by atoms with Crippen molar-refractivity contribution in [3.8, 4) is 0 Å². The summed E-state index contributed by atoms with van der Waals surface area (Å²) in [7, 11) is 3.90. The van der Waals surface area contributed by atoms with Crippen LogP contribution in [0.2, 0.25) is 0 Å². The van der Waals surface area contributed by atoms with Gasteiger partial charge in [-0.1, -0.05) is 58.4 Å². The zero-order valence-corrected chi connectivity index (χ0v) is 19.3. The molecule has 0 atom stereocenters. The molecule has 0 saturated carbocycles. The summed E-state index contributed by atoms with van der Waals surface area (Å²) in [5.41, 5.74) is 5.64. The topological polar surface area (TPSA) is 73.8 Å². The highest BCUT2D eigenvalue weighted by Gasteiger charge is 2.14. The predicted octanol–water partition coefficient (Wildman–Crippen LogP) is 4.44. The Kier molecular flexibility index (Phi) is 7.94. The van der Waals surface area contributed by atoms with Crippen molar-refractivity contribution in [2.75, 3.05) is 19.0 Å². The Balaban J connectivity index is 1.80. The first-order valence-electron chi connectivity index (χ1n) is 9.87. The summed E-state index contributed by atoms with van der Waals surface area (Å²) in [6.07, 6.45) is 3.15. The molecule has 3 rings (SSSR count). The van der Waals surface area contributed by atoms with Crippen LogP contribution in [0.15, 0.2) is 94.1 Å². The molecule has 2 amide bonds. The first kappa shape index (κ1) is 23.0. The Bertz CT molecular complexity index is 1120. The fraction of sp³-hybridized carbons (Fsp3) is 0.0800. The summed E-state index contributed by atoms with van der Waals surface area (Å²) in [5.74, 6) is -0.909. The van der Waals surface area contributed by atoms with Crippen LogP contribution in [-0.4, -0.2) is 32.1 Å². The van der Waals surface area contributed by atoms with Gasteiger partial charge in [0.15, 0.2) is 0 Å². The van der Waals surface area contributed by atoms with E-state index in [9.17, 15) is 9.59 Å². The zero-order valence-electron chi connectivity index (χ0n) is 17.7. The number of benzene rings is 3. The maximum Gasteiger partial charge on any atom is 0.287 e. The summed E-state index contributed by atoms with van der Waals surface area (Å²) in [5, 5.41) is 6.71. The smallest absolute Gasteiger partial charge is 0.287 e. The molecule has 3 aromatic carbocycles. The van der Waals surface area contributed by atoms with Gasteiger partial charge in [0.25, 0.3) is 11.8 Å². The van der Waals surface area contributed by atoms with Gasteiger partial charge in [-0.15, -0.1) is 0 Å². The van der Waals surface area contributed by atoms with Crippen molar-refractivity contribution in [2.24, 2.45) is 5.10 Å². The molecule has 32 heavy (non-hydrogen) atoms. The molecule has 0 aliphatic rings. The fourth-order valence-corrected chi connectivity index (χ4v) is 3.02. The van der Waals surface area contributed by atoms with Gasteiger partial charge >= 0.3 is 0 Å². The molecule has 0 bridgehead atoms. The Labute approximate surface area is 195 Å². The molecule has 0 spiro atoms. The second kappa shape index (κ2) is 11.1. The fourth-order valence-electron chi connectivity index (χ4n) is 2.75. The molecule has 0 saturated heterocycles. The molecule has 2 N–H and O–H groups in total. The second-order valence-corrected chi connectivity index (χ2v) is 8.03. The molecule has 0 heterocycles. The van der Waals surface area contributed by atoms with Gasteiger partial charge in [0.05, 0.1) is 6.21 Å². The Morgan fingerprint density at radius 1 is 0.875 bits per heavy atom. The van der Waals surface area contributed by atoms with Gasteiger partial charge in [-0.2, -0.15) is 5.10 Å². The van der Waals surface area contributed by atoms with Crippen molar-refractivity contribution in [3.05, 3.63) is 106 Å². The molecular formula is C25H23BrN4O2. The third kappa shape index (κ3) is 6.65. The third-order valence-electron chi connectivity index (χ3n) is 4.50. The summed E-state index contributed by atoms with van der Waals surface area (Å²) < 4.78 is 0.952. The highest BCUT2D eigenvalue weighted by molar-refractivity contribution is 9.10. The average Bonchev–Trinajstić information content (AvgIpc) is 2.80. The first-order chi connectivity index (χ1) is 15.4. The van der Waals surface area contributed by atoms with Gasteiger partial charge in [-0.25, -0.2) is 5.43 Å². The van der Waals surface area contributed by atoms with Crippen LogP contribution in [0.4, 0.5) is 5.69 Å². The van der Waals surface area contributed by atoms with Crippen molar-refractivity contribution >= 4 is 45.7 Å². The molecule has 0 aliphatic heterocycles. The maximum absolute atomic E-state index is 12.8. The van der Waals surface area contributed by atoms with E-state index < -0.39 is 5.91 Å². The number of carbonyl (C=O) groups is 2. The molecule has 6 nitrogen and oxygen atoms in total. The summed E-state index contributed by atoms with van der Waals surface area (Å²) in [6, 6.07) is 23.8. The zero-order chi connectivity index (χ0) is 22.9. The van der Waals surface area contributed by atoms with E-state index in [0.29, 0.717) is 5.56 Å². The number of hydrazone groups is 1. The molecule has 0 aliphatic carbocycles. The largest absolute Gasteiger partial charge is 0.378 e. The van der Waals surface area contributed by atoms with Crippen LogP contribution in [0.5, 0.6) is 0 Å². The monoisotopic (exact) mass is 490 g/mol. The van der Waals surface area contributed by atoms with Crippen LogP contribution in [0, 0.1) is 0 Å². The highest BCUT2D eigenvalue weighted by atomic mass is 79.9.